The maximum absolute atomic E-state index is 14.3. The van der Waals surface area contributed by atoms with Gasteiger partial charge in [0.2, 0.25) is 0 Å². The predicted octanol–water partition coefficient (Wildman–Crippen LogP) is 4.08. The van der Waals surface area contributed by atoms with Crippen LogP contribution in [0.2, 0.25) is 0 Å². The number of alkyl halides is 2. The van der Waals surface area contributed by atoms with Crippen molar-refractivity contribution in [2.24, 2.45) is 0 Å². The Bertz CT molecular complexity index is 918. The normalized spacial score (nSPS) is 19.1. The minimum Gasteiger partial charge on any atom is -0.494 e. The van der Waals surface area contributed by atoms with Crippen LogP contribution in [-0.2, 0) is 9.53 Å². The summed E-state index contributed by atoms with van der Waals surface area (Å²) in [5.41, 5.74) is 1.35. The first kappa shape index (κ1) is 20.0. The molecule has 1 unspecified atom stereocenters. The van der Waals surface area contributed by atoms with Gasteiger partial charge in [-0.25, -0.2) is 4.39 Å². The Labute approximate surface area is 162 Å². The lowest BCUT2D eigenvalue weighted by Gasteiger charge is -2.29. The summed E-state index contributed by atoms with van der Waals surface area (Å²) in [6.07, 6.45) is 0.878. The van der Waals surface area contributed by atoms with Crippen molar-refractivity contribution < 1.29 is 37.3 Å². The second kappa shape index (κ2) is 7.70. The number of allylic oxidation sites excluding steroid dienone is 2. The van der Waals surface area contributed by atoms with Gasteiger partial charge in [0, 0.05) is 23.6 Å². The van der Waals surface area contributed by atoms with E-state index in [1.54, 1.807) is 6.92 Å². The number of carboxylic acid groups (broad SMARTS) is 1. The van der Waals surface area contributed by atoms with Crippen molar-refractivity contribution in [2.45, 2.75) is 32.4 Å². The second-order valence-electron chi connectivity index (χ2n) is 6.14. The number of amides is 1. The Morgan fingerprint density at radius 3 is 2.75 bits per heavy atom. The molecule has 1 amide bonds. The van der Waals surface area contributed by atoms with E-state index in [-0.39, 0.29) is 29.2 Å². The van der Waals surface area contributed by atoms with Crippen LogP contribution >= 0.6 is 11.3 Å². The molecule has 1 aromatic heterocycles. The number of fused-ring (bicyclic) bond motifs is 1. The van der Waals surface area contributed by atoms with Gasteiger partial charge in [0.1, 0.15) is 5.83 Å². The van der Waals surface area contributed by atoms with Gasteiger partial charge in [-0.05, 0) is 24.1 Å². The number of carbonyl (C=O) groups excluding carboxylic acids is 1. The standard InChI is InChI=1S/C18H16F3NO5S/c1-8-10(5-15(23)24)11-4-14(26-2)12(19)6-13(11)22(8)17(25)9-3-16(28-7-9)27-18(20)21/h3-4,7,13,18H,5-6H2,1-2H3,(H,23,24). The summed E-state index contributed by atoms with van der Waals surface area (Å²) in [5, 5.41) is 10.5. The van der Waals surface area contributed by atoms with Crippen LogP contribution < -0.4 is 4.74 Å². The topological polar surface area (TPSA) is 76.1 Å². The fraction of sp³-hybridized carbons (Fsp3) is 0.333. The second-order valence-corrected chi connectivity index (χ2v) is 7.01. The Balaban J connectivity index is 1.98. The van der Waals surface area contributed by atoms with Crippen LogP contribution in [0.1, 0.15) is 30.1 Å². The molecule has 0 saturated heterocycles. The van der Waals surface area contributed by atoms with Crippen molar-refractivity contribution in [3.05, 3.63) is 51.5 Å². The Morgan fingerprint density at radius 1 is 1.43 bits per heavy atom. The van der Waals surface area contributed by atoms with Crippen LogP contribution in [-0.4, -0.2) is 41.6 Å². The van der Waals surface area contributed by atoms with Crippen LogP contribution in [0.25, 0.3) is 0 Å². The molecule has 2 heterocycles. The molecule has 0 saturated carbocycles. The molecule has 1 aromatic rings. The summed E-state index contributed by atoms with van der Waals surface area (Å²) in [6, 6.07) is 0.445. The Morgan fingerprint density at radius 2 is 2.14 bits per heavy atom. The molecule has 0 bridgehead atoms. The van der Waals surface area contributed by atoms with Gasteiger partial charge in [-0.3, -0.25) is 9.59 Å². The maximum Gasteiger partial charge on any atom is 0.388 e. The van der Waals surface area contributed by atoms with E-state index >= 15 is 0 Å². The monoisotopic (exact) mass is 415 g/mol. The zero-order valence-electron chi connectivity index (χ0n) is 14.9. The molecule has 1 aliphatic heterocycles. The van der Waals surface area contributed by atoms with Crippen LogP contribution in [0.3, 0.4) is 0 Å². The van der Waals surface area contributed by atoms with Crippen molar-refractivity contribution in [1.82, 2.24) is 4.90 Å². The Hall–Kier alpha value is -2.75. The van der Waals surface area contributed by atoms with E-state index < -0.39 is 30.4 Å². The number of ether oxygens (including phenoxy) is 2. The van der Waals surface area contributed by atoms with Gasteiger partial charge in [-0.1, -0.05) is 0 Å². The Kier molecular flexibility index (Phi) is 5.50. The molecule has 6 nitrogen and oxygen atoms in total. The lowest BCUT2D eigenvalue weighted by molar-refractivity contribution is -0.136. The van der Waals surface area contributed by atoms with Crippen molar-refractivity contribution in [3.63, 3.8) is 0 Å². The summed E-state index contributed by atoms with van der Waals surface area (Å²) < 4.78 is 48.3. The molecular formula is C18H16F3NO5S. The van der Waals surface area contributed by atoms with E-state index in [0.717, 1.165) is 11.3 Å². The first-order chi connectivity index (χ1) is 13.2. The summed E-state index contributed by atoms with van der Waals surface area (Å²) in [5.74, 6) is -2.23. The first-order valence-electron chi connectivity index (χ1n) is 8.16. The smallest absolute Gasteiger partial charge is 0.388 e. The highest BCUT2D eigenvalue weighted by molar-refractivity contribution is 7.12. The number of hydrogen-bond donors (Lipinski definition) is 1. The highest BCUT2D eigenvalue weighted by atomic mass is 32.1. The van der Waals surface area contributed by atoms with E-state index in [9.17, 15) is 27.9 Å². The highest BCUT2D eigenvalue weighted by Crippen LogP contribution is 2.43. The van der Waals surface area contributed by atoms with Crippen molar-refractivity contribution in [1.29, 1.82) is 0 Å². The number of rotatable bonds is 6. The number of carbonyl (C=O) groups is 2. The van der Waals surface area contributed by atoms with Gasteiger partial charge >= 0.3 is 12.6 Å². The number of methoxy groups -OCH3 is 1. The first-order valence-corrected chi connectivity index (χ1v) is 9.04. The van der Waals surface area contributed by atoms with Crippen LogP contribution in [0, 0.1) is 0 Å². The third-order valence-corrected chi connectivity index (χ3v) is 5.36. The molecule has 10 heteroatoms. The lowest BCUT2D eigenvalue weighted by atomic mass is 9.92. The minimum atomic E-state index is -3.02. The number of halogens is 3. The minimum absolute atomic E-state index is 0.0145. The average molecular weight is 415 g/mol. The third-order valence-electron chi connectivity index (χ3n) is 4.54. The number of hydrogen-bond acceptors (Lipinski definition) is 5. The molecular weight excluding hydrogens is 399 g/mol. The van der Waals surface area contributed by atoms with E-state index in [1.165, 1.54) is 29.5 Å². The predicted molar refractivity (Wildman–Crippen MR) is 93.7 cm³/mol. The van der Waals surface area contributed by atoms with Gasteiger partial charge in [-0.15, -0.1) is 11.3 Å². The van der Waals surface area contributed by atoms with Crippen molar-refractivity contribution >= 4 is 23.2 Å². The van der Waals surface area contributed by atoms with Crippen LogP contribution in [0.5, 0.6) is 5.06 Å². The third kappa shape index (κ3) is 3.64. The number of thiophene rings is 1. The largest absolute Gasteiger partial charge is 0.494 e. The fourth-order valence-corrected chi connectivity index (χ4v) is 4.10. The summed E-state index contributed by atoms with van der Waals surface area (Å²) in [6.45, 7) is -1.44. The molecule has 0 fully saturated rings. The zero-order chi connectivity index (χ0) is 20.6. The van der Waals surface area contributed by atoms with E-state index in [1.807, 2.05) is 0 Å². The summed E-state index contributed by atoms with van der Waals surface area (Å²) >= 11 is 0.834. The number of aliphatic carboxylic acids is 1. The van der Waals surface area contributed by atoms with Crippen molar-refractivity contribution in [2.75, 3.05) is 7.11 Å². The average Bonchev–Trinajstić information content (AvgIpc) is 3.16. The van der Waals surface area contributed by atoms with Crippen LogP contribution in [0.4, 0.5) is 13.2 Å². The van der Waals surface area contributed by atoms with Crippen LogP contribution in [0.15, 0.2) is 46.0 Å². The fourth-order valence-electron chi connectivity index (χ4n) is 3.36. The van der Waals surface area contributed by atoms with Gasteiger partial charge in [-0.2, -0.15) is 8.78 Å². The van der Waals surface area contributed by atoms with E-state index in [4.69, 9.17) is 4.74 Å². The van der Waals surface area contributed by atoms with Gasteiger partial charge in [0.25, 0.3) is 5.91 Å². The van der Waals surface area contributed by atoms with Gasteiger partial charge in [0.05, 0.1) is 25.1 Å². The zero-order valence-corrected chi connectivity index (χ0v) is 15.7. The maximum atomic E-state index is 14.3. The molecule has 1 N–H and O–H groups in total. The number of carboxylic acids is 1. The quantitative estimate of drug-likeness (QED) is 0.758. The molecule has 3 rings (SSSR count). The van der Waals surface area contributed by atoms with E-state index in [2.05, 4.69) is 4.74 Å². The molecule has 28 heavy (non-hydrogen) atoms. The molecule has 0 spiro atoms. The van der Waals surface area contributed by atoms with E-state index in [0.29, 0.717) is 16.8 Å². The molecule has 1 aliphatic carbocycles. The van der Waals surface area contributed by atoms with Crippen molar-refractivity contribution in [3.8, 4) is 5.06 Å². The SMILES string of the molecule is COC1=C(F)CC2C(=C1)C(CC(=O)O)=C(C)N2C(=O)c1csc(OC(F)F)c1. The molecule has 150 valence electrons. The molecule has 0 aromatic carbocycles. The van der Waals surface area contributed by atoms with Gasteiger partial charge in [0.15, 0.2) is 10.8 Å². The summed E-state index contributed by atoms with van der Waals surface area (Å²) in [4.78, 5) is 25.6. The number of nitrogens with zero attached hydrogens (tertiary/aromatic N) is 1. The van der Waals surface area contributed by atoms with Gasteiger partial charge < -0.3 is 19.5 Å². The lowest BCUT2D eigenvalue weighted by Crippen LogP contribution is -2.37. The molecule has 2 aliphatic rings. The molecule has 1 atom stereocenters. The summed E-state index contributed by atoms with van der Waals surface area (Å²) in [7, 11) is 1.30. The highest BCUT2D eigenvalue weighted by Gasteiger charge is 2.42. The molecule has 0 radical (unpaired) electrons.